The molecule has 0 saturated carbocycles. The zero-order chi connectivity index (χ0) is 14.8. The Morgan fingerprint density at radius 2 is 2.14 bits per heavy atom. The number of methoxy groups -OCH3 is 1. The van der Waals surface area contributed by atoms with Crippen molar-refractivity contribution in [1.82, 2.24) is 10.3 Å². The van der Waals surface area contributed by atoms with Crippen molar-refractivity contribution in [3.63, 3.8) is 0 Å². The summed E-state index contributed by atoms with van der Waals surface area (Å²) in [6, 6.07) is 10.2. The second kappa shape index (κ2) is 5.79. The van der Waals surface area contributed by atoms with E-state index >= 15 is 0 Å². The van der Waals surface area contributed by atoms with Gasteiger partial charge in [-0.25, -0.2) is 4.98 Å². The van der Waals surface area contributed by atoms with Crippen LogP contribution < -0.4 is 5.32 Å². The number of nitrogens with zero attached hydrogens (tertiary/aromatic N) is 1. The van der Waals surface area contributed by atoms with Crippen LogP contribution in [0.15, 0.2) is 30.3 Å². The van der Waals surface area contributed by atoms with Gasteiger partial charge in [0.1, 0.15) is 4.83 Å². The van der Waals surface area contributed by atoms with E-state index in [9.17, 15) is 4.79 Å². The number of ether oxygens (including phenoxy) is 1. The summed E-state index contributed by atoms with van der Waals surface area (Å²) in [6.45, 7) is 3.09. The van der Waals surface area contributed by atoms with Gasteiger partial charge in [0.2, 0.25) is 0 Å². The number of nitrogens with one attached hydrogen (secondary N) is 1. The highest BCUT2D eigenvalue weighted by Gasteiger charge is 2.11. The first-order valence-electron chi connectivity index (χ1n) is 6.75. The smallest absolute Gasteiger partial charge is 0.261 e. The minimum Gasteiger partial charge on any atom is -0.383 e. The highest BCUT2D eigenvalue weighted by Crippen LogP contribution is 2.27. The maximum Gasteiger partial charge on any atom is 0.261 e. The van der Waals surface area contributed by atoms with E-state index < -0.39 is 0 Å². The molecule has 3 aromatic rings. The zero-order valence-corrected chi connectivity index (χ0v) is 12.8. The van der Waals surface area contributed by atoms with Crippen molar-refractivity contribution in [3.8, 4) is 0 Å². The molecule has 3 rings (SSSR count). The number of benzene rings is 1. The summed E-state index contributed by atoms with van der Waals surface area (Å²) in [7, 11) is 1.61. The maximum atomic E-state index is 12.1. The van der Waals surface area contributed by atoms with Gasteiger partial charge in [0.15, 0.2) is 0 Å². The fraction of sp³-hybridized carbons (Fsp3) is 0.250. The molecular formula is C16H16N2O2S. The standard InChI is InChI=1S/C16H16N2O2S/c1-10-3-4-13-11(7-10)8-12-9-14(21-16(12)18-13)15(19)17-5-6-20-2/h3-4,7-9H,5-6H2,1-2H3,(H,17,19). The third-order valence-electron chi connectivity index (χ3n) is 3.27. The molecule has 0 spiro atoms. The predicted octanol–water partition coefficient (Wildman–Crippen LogP) is 3.13. The highest BCUT2D eigenvalue weighted by atomic mass is 32.1. The van der Waals surface area contributed by atoms with Gasteiger partial charge in [0.05, 0.1) is 17.0 Å². The van der Waals surface area contributed by atoms with E-state index in [0.717, 1.165) is 21.1 Å². The van der Waals surface area contributed by atoms with E-state index in [1.165, 1.54) is 16.9 Å². The maximum absolute atomic E-state index is 12.1. The van der Waals surface area contributed by atoms with Gasteiger partial charge in [0.25, 0.3) is 5.91 Å². The Morgan fingerprint density at radius 1 is 1.29 bits per heavy atom. The molecule has 0 fully saturated rings. The predicted molar refractivity (Wildman–Crippen MR) is 86.1 cm³/mol. The summed E-state index contributed by atoms with van der Waals surface area (Å²) in [5.41, 5.74) is 2.16. The molecule has 0 radical (unpaired) electrons. The average Bonchev–Trinajstić information content (AvgIpc) is 2.87. The Labute approximate surface area is 126 Å². The molecule has 0 saturated heterocycles. The molecule has 21 heavy (non-hydrogen) atoms. The van der Waals surface area contributed by atoms with Crippen molar-refractivity contribution in [1.29, 1.82) is 0 Å². The Bertz CT molecular complexity index is 810. The van der Waals surface area contributed by atoms with Crippen LogP contribution in [0.2, 0.25) is 0 Å². The molecule has 0 unspecified atom stereocenters. The Hall–Kier alpha value is -1.98. The number of fused-ring (bicyclic) bond motifs is 2. The number of hydrogen-bond donors (Lipinski definition) is 1. The highest BCUT2D eigenvalue weighted by molar-refractivity contribution is 7.20. The summed E-state index contributed by atoms with van der Waals surface area (Å²) in [5, 5.41) is 4.94. The number of rotatable bonds is 4. The molecule has 2 heterocycles. The molecule has 1 aromatic carbocycles. The summed E-state index contributed by atoms with van der Waals surface area (Å²) in [5.74, 6) is -0.0738. The van der Waals surface area contributed by atoms with Crippen LogP contribution in [-0.2, 0) is 4.74 Å². The van der Waals surface area contributed by atoms with E-state index in [1.54, 1.807) is 7.11 Å². The first-order chi connectivity index (χ1) is 10.2. The lowest BCUT2D eigenvalue weighted by Gasteiger charge is -2.00. The van der Waals surface area contributed by atoms with Crippen molar-refractivity contribution in [2.75, 3.05) is 20.3 Å². The lowest BCUT2D eigenvalue weighted by atomic mass is 10.1. The minimum absolute atomic E-state index is 0.0738. The number of pyridine rings is 1. The van der Waals surface area contributed by atoms with E-state index in [1.807, 2.05) is 18.2 Å². The fourth-order valence-corrected chi connectivity index (χ4v) is 3.16. The fourth-order valence-electron chi connectivity index (χ4n) is 2.22. The van der Waals surface area contributed by atoms with Gasteiger partial charge in [0, 0.05) is 24.4 Å². The van der Waals surface area contributed by atoms with Crippen molar-refractivity contribution in [3.05, 3.63) is 40.8 Å². The minimum atomic E-state index is -0.0738. The summed E-state index contributed by atoms with van der Waals surface area (Å²) in [4.78, 5) is 18.3. The Kier molecular flexibility index (Phi) is 3.86. The normalized spacial score (nSPS) is 11.1. The molecule has 0 bridgehead atoms. The topological polar surface area (TPSA) is 51.2 Å². The third kappa shape index (κ3) is 2.89. The van der Waals surface area contributed by atoms with Gasteiger partial charge in [-0.2, -0.15) is 0 Å². The largest absolute Gasteiger partial charge is 0.383 e. The molecular weight excluding hydrogens is 284 g/mol. The molecule has 4 nitrogen and oxygen atoms in total. The lowest BCUT2D eigenvalue weighted by Crippen LogP contribution is -2.26. The summed E-state index contributed by atoms with van der Waals surface area (Å²) < 4.78 is 4.93. The van der Waals surface area contributed by atoms with Crippen LogP contribution in [0, 0.1) is 6.92 Å². The summed E-state index contributed by atoms with van der Waals surface area (Å²) >= 11 is 1.42. The van der Waals surface area contributed by atoms with Crippen LogP contribution in [0.4, 0.5) is 0 Å². The molecule has 0 atom stereocenters. The first-order valence-corrected chi connectivity index (χ1v) is 7.57. The number of thiophene rings is 1. The van der Waals surface area contributed by atoms with Gasteiger partial charge < -0.3 is 10.1 Å². The second-order valence-corrected chi connectivity index (χ2v) is 5.97. The van der Waals surface area contributed by atoms with Crippen LogP contribution in [0.3, 0.4) is 0 Å². The first kappa shape index (κ1) is 14.0. The van der Waals surface area contributed by atoms with Crippen LogP contribution in [0.1, 0.15) is 15.2 Å². The number of carbonyl (C=O) groups excluding carboxylic acids is 1. The summed E-state index contributed by atoms with van der Waals surface area (Å²) in [6.07, 6.45) is 0. The lowest BCUT2D eigenvalue weighted by molar-refractivity contribution is 0.0941. The van der Waals surface area contributed by atoms with Crippen molar-refractivity contribution >= 4 is 38.4 Å². The number of aryl methyl sites for hydroxylation is 1. The van der Waals surface area contributed by atoms with Gasteiger partial charge in [-0.1, -0.05) is 11.6 Å². The Morgan fingerprint density at radius 3 is 2.95 bits per heavy atom. The average molecular weight is 300 g/mol. The van der Waals surface area contributed by atoms with Crippen molar-refractivity contribution in [2.45, 2.75) is 6.92 Å². The zero-order valence-electron chi connectivity index (χ0n) is 12.0. The molecule has 0 aliphatic heterocycles. The molecule has 0 aliphatic carbocycles. The van der Waals surface area contributed by atoms with E-state index in [4.69, 9.17) is 4.74 Å². The van der Waals surface area contributed by atoms with Gasteiger partial charge >= 0.3 is 0 Å². The SMILES string of the molecule is COCCNC(=O)c1cc2cc3cc(C)ccc3nc2s1. The van der Waals surface area contributed by atoms with Gasteiger partial charge in [-0.3, -0.25) is 4.79 Å². The molecule has 108 valence electrons. The second-order valence-electron chi connectivity index (χ2n) is 4.94. The molecule has 1 amide bonds. The Balaban J connectivity index is 1.95. The number of amides is 1. The number of hydrogen-bond acceptors (Lipinski definition) is 4. The van der Waals surface area contributed by atoms with Gasteiger partial charge in [-0.15, -0.1) is 11.3 Å². The van der Waals surface area contributed by atoms with Crippen LogP contribution in [-0.4, -0.2) is 31.2 Å². The van der Waals surface area contributed by atoms with E-state index in [2.05, 4.69) is 29.4 Å². The number of carbonyl (C=O) groups is 1. The molecule has 0 aliphatic rings. The third-order valence-corrected chi connectivity index (χ3v) is 4.32. The van der Waals surface area contributed by atoms with Crippen LogP contribution >= 0.6 is 11.3 Å². The monoisotopic (exact) mass is 300 g/mol. The molecule has 1 N–H and O–H groups in total. The molecule has 5 heteroatoms. The van der Waals surface area contributed by atoms with Gasteiger partial charge in [-0.05, 0) is 31.2 Å². The van der Waals surface area contributed by atoms with Crippen LogP contribution in [0.25, 0.3) is 21.1 Å². The van der Waals surface area contributed by atoms with E-state index in [0.29, 0.717) is 18.0 Å². The van der Waals surface area contributed by atoms with Crippen LogP contribution in [0.5, 0.6) is 0 Å². The van der Waals surface area contributed by atoms with Crippen molar-refractivity contribution < 1.29 is 9.53 Å². The quantitative estimate of drug-likeness (QED) is 0.753. The van der Waals surface area contributed by atoms with E-state index in [-0.39, 0.29) is 5.91 Å². The molecule has 2 aromatic heterocycles. The number of aromatic nitrogens is 1. The van der Waals surface area contributed by atoms with Crippen molar-refractivity contribution in [2.24, 2.45) is 0 Å².